The zero-order valence-corrected chi connectivity index (χ0v) is 14.8. The Balaban J connectivity index is 1.75. The molecule has 2 aromatic carbocycles. The minimum absolute atomic E-state index is 0.122. The second-order valence-electron chi connectivity index (χ2n) is 7.65. The Bertz CT molecular complexity index is 1220. The molecule has 2 heteroatoms. The topological polar surface area (TPSA) is 34.1 Å². The second kappa shape index (κ2) is 4.92. The van der Waals surface area contributed by atoms with Gasteiger partial charge < -0.3 is 0 Å². The van der Waals surface area contributed by atoms with Crippen LogP contribution in [0.2, 0.25) is 0 Å². The third-order valence-corrected chi connectivity index (χ3v) is 6.18. The van der Waals surface area contributed by atoms with Crippen LogP contribution in [0.3, 0.4) is 0 Å². The van der Waals surface area contributed by atoms with Gasteiger partial charge in [0.2, 0.25) is 0 Å². The lowest BCUT2D eigenvalue weighted by Gasteiger charge is -2.36. The van der Waals surface area contributed by atoms with E-state index in [4.69, 9.17) is 0 Å². The number of carbonyl (C=O) groups is 2. The molecule has 0 aromatic heterocycles. The van der Waals surface area contributed by atoms with Gasteiger partial charge in [0.05, 0.1) is 11.8 Å². The predicted molar refractivity (Wildman–Crippen MR) is 106 cm³/mol. The van der Waals surface area contributed by atoms with Crippen LogP contribution in [0, 0.1) is 5.92 Å². The number of fused-ring (bicyclic) bond motifs is 3. The lowest BCUT2D eigenvalue weighted by atomic mass is 9.65. The maximum Gasteiger partial charge on any atom is 0.174 e. The molecule has 0 saturated heterocycles. The van der Waals surface area contributed by atoms with Crippen molar-refractivity contribution in [1.82, 2.24) is 0 Å². The largest absolute Gasteiger partial charge is 0.293 e. The molecule has 2 aromatic rings. The molecule has 128 valence electrons. The van der Waals surface area contributed by atoms with E-state index in [1.165, 1.54) is 0 Å². The molecule has 2 unspecified atom stereocenters. The molecule has 6 rings (SSSR count). The molecule has 0 bridgehead atoms. The molecule has 4 aliphatic rings. The molecule has 0 saturated carbocycles. The highest BCUT2D eigenvalue weighted by molar-refractivity contribution is 6.18. The zero-order valence-electron chi connectivity index (χ0n) is 14.8. The van der Waals surface area contributed by atoms with Gasteiger partial charge in [-0.2, -0.15) is 0 Å². The second-order valence-corrected chi connectivity index (χ2v) is 7.65. The molecule has 0 spiro atoms. The van der Waals surface area contributed by atoms with Gasteiger partial charge in [-0.05, 0) is 40.3 Å². The van der Waals surface area contributed by atoms with Gasteiger partial charge in [-0.25, -0.2) is 0 Å². The molecule has 27 heavy (non-hydrogen) atoms. The fourth-order valence-corrected chi connectivity index (χ4v) is 4.98. The first-order valence-electron chi connectivity index (χ1n) is 9.29. The van der Waals surface area contributed by atoms with Crippen LogP contribution >= 0.6 is 0 Å². The van der Waals surface area contributed by atoms with E-state index in [1.807, 2.05) is 54.6 Å². The molecular formula is C25H16O2. The van der Waals surface area contributed by atoms with Crippen LogP contribution in [0.15, 0.2) is 77.9 Å². The number of hydrogen-bond donors (Lipinski definition) is 0. The minimum atomic E-state index is -0.303. The first-order valence-corrected chi connectivity index (χ1v) is 9.29. The van der Waals surface area contributed by atoms with E-state index in [0.717, 1.165) is 50.1 Å². The fraction of sp³-hybridized carbons (Fsp3) is 0.120. The number of Topliss-reactive ketones (excluding diaryl/α,β-unsaturated/α-hetero) is 2. The Hall–Kier alpha value is -3.26. The summed E-state index contributed by atoms with van der Waals surface area (Å²) in [4.78, 5) is 26.4. The predicted octanol–water partition coefficient (Wildman–Crippen LogP) is 5.29. The summed E-state index contributed by atoms with van der Waals surface area (Å²) in [6.07, 6.45) is 10.2. The van der Waals surface area contributed by atoms with Crippen molar-refractivity contribution in [1.29, 1.82) is 0 Å². The van der Waals surface area contributed by atoms with Crippen LogP contribution in [0.5, 0.6) is 0 Å². The van der Waals surface area contributed by atoms with Crippen LogP contribution in [0.4, 0.5) is 0 Å². The van der Waals surface area contributed by atoms with Crippen molar-refractivity contribution in [2.45, 2.75) is 12.8 Å². The average molecular weight is 348 g/mol. The van der Waals surface area contributed by atoms with Gasteiger partial charge in [0.25, 0.3) is 0 Å². The average Bonchev–Trinajstić information content (AvgIpc) is 2.70. The summed E-state index contributed by atoms with van der Waals surface area (Å²) in [5.41, 5.74) is 8.85. The summed E-state index contributed by atoms with van der Waals surface area (Å²) in [6, 6.07) is 11.8. The Morgan fingerprint density at radius 2 is 1.44 bits per heavy atom. The van der Waals surface area contributed by atoms with Crippen LogP contribution in [-0.2, 0) is 0 Å². The zero-order chi connectivity index (χ0) is 18.3. The van der Waals surface area contributed by atoms with Crippen molar-refractivity contribution in [3.63, 3.8) is 0 Å². The SMILES string of the molecule is CC1=CC2=C3C=CC4C(=O)c5ccccc5-c5ccc(c3c54)C(=O)C2C=C1. The van der Waals surface area contributed by atoms with E-state index in [-0.39, 0.29) is 23.4 Å². The van der Waals surface area contributed by atoms with Crippen molar-refractivity contribution in [2.75, 3.05) is 0 Å². The van der Waals surface area contributed by atoms with E-state index >= 15 is 0 Å². The first-order chi connectivity index (χ1) is 13.1. The van der Waals surface area contributed by atoms with E-state index < -0.39 is 0 Å². The van der Waals surface area contributed by atoms with E-state index in [1.54, 1.807) is 0 Å². The number of benzene rings is 2. The number of rotatable bonds is 0. The minimum Gasteiger partial charge on any atom is -0.293 e. The monoisotopic (exact) mass is 348 g/mol. The van der Waals surface area contributed by atoms with Crippen molar-refractivity contribution in [2.24, 2.45) is 5.92 Å². The quantitative estimate of drug-likeness (QED) is 0.649. The van der Waals surface area contributed by atoms with E-state index in [9.17, 15) is 9.59 Å². The smallest absolute Gasteiger partial charge is 0.174 e. The number of ketones is 2. The molecule has 0 fully saturated rings. The maximum absolute atomic E-state index is 13.2. The van der Waals surface area contributed by atoms with Crippen molar-refractivity contribution >= 4 is 17.1 Å². The highest BCUT2D eigenvalue weighted by Crippen LogP contribution is 2.51. The lowest BCUT2D eigenvalue weighted by molar-refractivity contribution is 0.0951. The van der Waals surface area contributed by atoms with E-state index in [0.29, 0.717) is 0 Å². The Kier molecular flexibility index (Phi) is 2.71. The van der Waals surface area contributed by atoms with Gasteiger partial charge in [-0.3, -0.25) is 9.59 Å². The summed E-state index contributed by atoms with van der Waals surface area (Å²) in [6.45, 7) is 2.05. The van der Waals surface area contributed by atoms with Crippen molar-refractivity contribution in [3.05, 3.63) is 100 Å². The molecule has 2 nitrogen and oxygen atoms in total. The third-order valence-electron chi connectivity index (χ3n) is 6.18. The number of allylic oxidation sites excluding steroid dienone is 8. The molecular weight excluding hydrogens is 332 g/mol. The van der Waals surface area contributed by atoms with Gasteiger partial charge >= 0.3 is 0 Å². The van der Waals surface area contributed by atoms with Gasteiger partial charge in [0, 0.05) is 11.1 Å². The lowest BCUT2D eigenvalue weighted by Crippen LogP contribution is -2.29. The summed E-state index contributed by atoms with van der Waals surface area (Å²) < 4.78 is 0. The Labute approximate surface area is 157 Å². The van der Waals surface area contributed by atoms with Crippen LogP contribution in [0.1, 0.15) is 44.7 Å². The first kappa shape index (κ1) is 14.9. The van der Waals surface area contributed by atoms with Crippen molar-refractivity contribution in [3.8, 4) is 11.1 Å². The Morgan fingerprint density at radius 1 is 0.741 bits per heavy atom. The Morgan fingerprint density at radius 3 is 2.30 bits per heavy atom. The molecule has 2 atom stereocenters. The normalized spacial score (nSPS) is 23.7. The summed E-state index contributed by atoms with van der Waals surface area (Å²) in [7, 11) is 0. The summed E-state index contributed by atoms with van der Waals surface area (Å²) >= 11 is 0. The van der Waals surface area contributed by atoms with Gasteiger partial charge in [0.1, 0.15) is 0 Å². The molecule has 0 heterocycles. The van der Waals surface area contributed by atoms with Crippen LogP contribution < -0.4 is 0 Å². The molecule has 0 radical (unpaired) electrons. The maximum atomic E-state index is 13.2. The summed E-state index contributed by atoms with van der Waals surface area (Å²) in [5, 5.41) is 0. The van der Waals surface area contributed by atoms with E-state index in [2.05, 4.69) is 19.1 Å². The van der Waals surface area contributed by atoms with Crippen LogP contribution in [-0.4, -0.2) is 11.6 Å². The highest BCUT2D eigenvalue weighted by atomic mass is 16.1. The summed E-state index contributed by atoms with van der Waals surface area (Å²) in [5.74, 6) is -0.270. The third kappa shape index (κ3) is 1.75. The number of carbonyl (C=O) groups excluding carboxylic acids is 2. The van der Waals surface area contributed by atoms with Gasteiger partial charge in [0.15, 0.2) is 11.6 Å². The fourth-order valence-electron chi connectivity index (χ4n) is 4.98. The highest BCUT2D eigenvalue weighted by Gasteiger charge is 2.41. The molecule has 0 amide bonds. The number of hydrogen-bond acceptors (Lipinski definition) is 2. The van der Waals surface area contributed by atoms with Gasteiger partial charge in [-0.15, -0.1) is 0 Å². The van der Waals surface area contributed by atoms with Crippen LogP contribution in [0.25, 0.3) is 16.7 Å². The molecule has 0 aliphatic heterocycles. The molecule has 4 aliphatic carbocycles. The van der Waals surface area contributed by atoms with Crippen molar-refractivity contribution < 1.29 is 9.59 Å². The molecule has 0 N–H and O–H groups in total. The van der Waals surface area contributed by atoms with Gasteiger partial charge in [-0.1, -0.05) is 72.4 Å². The standard InChI is InChI=1S/C25H16O2/c1-13-6-7-18-21(12-13)16-9-11-19-22-15(8-10-20(23(16)22)25(18)27)14-4-2-3-5-17(14)24(19)26/h2-12,18-19H,1H3.